The molecule has 3 rings (SSSR count). The summed E-state index contributed by atoms with van der Waals surface area (Å²) in [5, 5.41) is 0.289. The van der Waals surface area contributed by atoms with Gasteiger partial charge in [-0.1, -0.05) is 11.6 Å². The lowest BCUT2D eigenvalue weighted by atomic mass is 10.1. The third-order valence-electron chi connectivity index (χ3n) is 4.21. The molecule has 1 aliphatic rings. The van der Waals surface area contributed by atoms with Crippen LogP contribution in [0.5, 0.6) is 5.75 Å². The Morgan fingerprint density at radius 2 is 2.00 bits per heavy atom. The highest BCUT2D eigenvalue weighted by Crippen LogP contribution is 2.33. The van der Waals surface area contributed by atoms with Gasteiger partial charge in [-0.3, -0.25) is 9.52 Å². The van der Waals surface area contributed by atoms with E-state index in [0.29, 0.717) is 18.7 Å². The molecule has 2 aromatic rings. The molecule has 0 atom stereocenters. The topological polar surface area (TPSA) is 84.9 Å². The van der Waals surface area contributed by atoms with Gasteiger partial charge in [0.2, 0.25) is 0 Å². The number of hydrogen-bond donors (Lipinski definition) is 1. The van der Waals surface area contributed by atoms with Gasteiger partial charge in [-0.05, 0) is 48.4 Å². The van der Waals surface area contributed by atoms with Gasteiger partial charge in [-0.25, -0.2) is 8.42 Å². The van der Waals surface area contributed by atoms with E-state index < -0.39 is 10.0 Å². The van der Waals surface area contributed by atoms with Crippen molar-refractivity contribution >= 4 is 38.9 Å². The summed E-state index contributed by atoms with van der Waals surface area (Å²) >= 11 is 5.94. The quantitative estimate of drug-likeness (QED) is 0.791. The van der Waals surface area contributed by atoms with Gasteiger partial charge in [0.05, 0.1) is 7.11 Å². The van der Waals surface area contributed by atoms with Gasteiger partial charge in [0.15, 0.2) is 0 Å². The molecule has 1 aliphatic heterocycles. The van der Waals surface area contributed by atoms with E-state index in [1.165, 1.54) is 26.4 Å². The van der Waals surface area contributed by atoms with Crippen LogP contribution in [-0.2, 0) is 26.0 Å². The molecule has 0 saturated carbocycles. The predicted octanol–water partition coefficient (Wildman–Crippen LogP) is 2.68. The zero-order valence-electron chi connectivity index (χ0n) is 14.9. The molecule has 0 unspecified atom stereocenters. The first-order valence-electron chi connectivity index (χ1n) is 8.14. The van der Waals surface area contributed by atoms with E-state index in [1.807, 2.05) is 0 Å². The SMILES string of the molecule is COCC(=O)N1CCc2cc(NS(=O)(=O)c3cc(Cl)ccc3OC)ccc21. The van der Waals surface area contributed by atoms with Crippen LogP contribution in [0, 0.1) is 0 Å². The van der Waals surface area contributed by atoms with Crippen molar-refractivity contribution in [3.05, 3.63) is 47.0 Å². The standard InChI is InChI=1S/C18H19ClN2O5S/c1-25-11-18(22)21-8-7-12-9-14(4-5-15(12)21)20-27(23,24)17-10-13(19)3-6-16(17)26-2/h3-6,9-10,20H,7-8,11H2,1-2H3. The van der Waals surface area contributed by atoms with E-state index in [4.69, 9.17) is 21.1 Å². The largest absolute Gasteiger partial charge is 0.495 e. The number of sulfonamides is 1. The predicted molar refractivity (Wildman–Crippen MR) is 103 cm³/mol. The summed E-state index contributed by atoms with van der Waals surface area (Å²) in [6, 6.07) is 9.46. The molecule has 0 aliphatic carbocycles. The van der Waals surface area contributed by atoms with E-state index in [0.717, 1.165) is 11.3 Å². The molecule has 1 amide bonds. The van der Waals surface area contributed by atoms with Crippen LogP contribution >= 0.6 is 11.6 Å². The van der Waals surface area contributed by atoms with Gasteiger partial charge in [-0.2, -0.15) is 0 Å². The fourth-order valence-electron chi connectivity index (χ4n) is 3.00. The monoisotopic (exact) mass is 410 g/mol. The Balaban J connectivity index is 1.87. The number of nitrogens with one attached hydrogen (secondary N) is 1. The van der Waals surface area contributed by atoms with E-state index in [2.05, 4.69) is 4.72 Å². The first-order chi connectivity index (χ1) is 12.9. The molecule has 0 aromatic heterocycles. The third-order valence-corrected chi connectivity index (χ3v) is 5.85. The second-order valence-corrected chi connectivity index (χ2v) is 8.06. The minimum atomic E-state index is -3.89. The third kappa shape index (κ3) is 4.02. The van der Waals surface area contributed by atoms with E-state index in [9.17, 15) is 13.2 Å². The number of ether oxygens (including phenoxy) is 2. The van der Waals surface area contributed by atoms with E-state index in [-0.39, 0.29) is 28.2 Å². The molecule has 0 spiro atoms. The first kappa shape index (κ1) is 19.5. The van der Waals surface area contributed by atoms with Crippen LogP contribution in [0.2, 0.25) is 5.02 Å². The molecule has 1 N–H and O–H groups in total. The number of anilines is 2. The molecular weight excluding hydrogens is 392 g/mol. The van der Waals surface area contributed by atoms with Crippen molar-refractivity contribution in [2.45, 2.75) is 11.3 Å². The van der Waals surface area contributed by atoms with Crippen molar-refractivity contribution in [3.63, 3.8) is 0 Å². The highest BCUT2D eigenvalue weighted by molar-refractivity contribution is 7.92. The highest BCUT2D eigenvalue weighted by Gasteiger charge is 2.26. The maximum Gasteiger partial charge on any atom is 0.265 e. The zero-order valence-corrected chi connectivity index (χ0v) is 16.4. The number of hydrogen-bond acceptors (Lipinski definition) is 5. The Bertz CT molecular complexity index is 978. The molecular formula is C18H19ClN2O5S. The molecule has 144 valence electrons. The van der Waals surface area contributed by atoms with E-state index >= 15 is 0 Å². The molecule has 0 bridgehead atoms. The van der Waals surface area contributed by atoms with Crippen LogP contribution in [0.15, 0.2) is 41.3 Å². The molecule has 7 nitrogen and oxygen atoms in total. The Morgan fingerprint density at radius 3 is 2.70 bits per heavy atom. The van der Waals surface area contributed by atoms with Crippen LogP contribution in [-0.4, -0.2) is 41.7 Å². The maximum absolute atomic E-state index is 12.8. The number of carbonyl (C=O) groups is 1. The van der Waals surface area contributed by atoms with Gasteiger partial charge in [0.1, 0.15) is 17.3 Å². The fraction of sp³-hybridized carbons (Fsp3) is 0.278. The second kappa shape index (κ2) is 7.75. The zero-order chi connectivity index (χ0) is 19.6. The number of halogens is 1. The van der Waals surface area contributed by atoms with Crippen molar-refractivity contribution in [1.29, 1.82) is 0 Å². The van der Waals surface area contributed by atoms with Crippen LogP contribution in [0.1, 0.15) is 5.56 Å². The normalized spacial score (nSPS) is 13.4. The van der Waals surface area contributed by atoms with Gasteiger partial charge < -0.3 is 14.4 Å². The fourth-order valence-corrected chi connectivity index (χ4v) is 4.48. The maximum atomic E-state index is 12.8. The number of carbonyl (C=O) groups excluding carboxylic acids is 1. The lowest BCUT2D eigenvalue weighted by molar-refractivity contribution is -0.122. The number of amides is 1. The number of benzene rings is 2. The summed E-state index contributed by atoms with van der Waals surface area (Å²) in [5.41, 5.74) is 2.05. The Hall–Kier alpha value is -2.29. The Labute approximate surface area is 162 Å². The summed E-state index contributed by atoms with van der Waals surface area (Å²) in [5.74, 6) is 0.0673. The molecule has 2 aromatic carbocycles. The highest BCUT2D eigenvalue weighted by atomic mass is 35.5. The lowest BCUT2D eigenvalue weighted by Gasteiger charge is -2.17. The molecule has 27 heavy (non-hydrogen) atoms. The Kier molecular flexibility index (Phi) is 5.59. The number of nitrogens with zero attached hydrogens (tertiary/aromatic N) is 1. The Morgan fingerprint density at radius 1 is 1.22 bits per heavy atom. The van der Waals surface area contributed by atoms with Crippen LogP contribution in [0.4, 0.5) is 11.4 Å². The van der Waals surface area contributed by atoms with Gasteiger partial charge >= 0.3 is 0 Å². The van der Waals surface area contributed by atoms with Gasteiger partial charge in [-0.15, -0.1) is 0 Å². The van der Waals surface area contributed by atoms with Crippen molar-refractivity contribution in [1.82, 2.24) is 0 Å². The van der Waals surface area contributed by atoms with Crippen molar-refractivity contribution in [2.75, 3.05) is 37.0 Å². The van der Waals surface area contributed by atoms with Crippen LogP contribution < -0.4 is 14.4 Å². The van der Waals surface area contributed by atoms with Gasteiger partial charge in [0.25, 0.3) is 15.9 Å². The van der Waals surface area contributed by atoms with Crippen molar-refractivity contribution in [3.8, 4) is 5.75 Å². The minimum absolute atomic E-state index is 0.00236. The average Bonchev–Trinajstić information content (AvgIpc) is 3.05. The van der Waals surface area contributed by atoms with Crippen molar-refractivity contribution in [2.24, 2.45) is 0 Å². The van der Waals surface area contributed by atoms with Crippen LogP contribution in [0.3, 0.4) is 0 Å². The molecule has 9 heteroatoms. The molecule has 0 saturated heterocycles. The number of fused-ring (bicyclic) bond motifs is 1. The summed E-state index contributed by atoms with van der Waals surface area (Å²) in [6.07, 6.45) is 0.640. The molecule has 0 radical (unpaired) electrons. The van der Waals surface area contributed by atoms with E-state index in [1.54, 1.807) is 29.2 Å². The molecule has 1 heterocycles. The summed E-state index contributed by atoms with van der Waals surface area (Å²) in [7, 11) is -1.03. The average molecular weight is 411 g/mol. The van der Waals surface area contributed by atoms with Crippen LogP contribution in [0.25, 0.3) is 0 Å². The minimum Gasteiger partial charge on any atom is -0.495 e. The molecule has 0 fully saturated rings. The smallest absolute Gasteiger partial charge is 0.265 e. The van der Waals surface area contributed by atoms with Crippen molar-refractivity contribution < 1.29 is 22.7 Å². The summed E-state index contributed by atoms with van der Waals surface area (Å²) in [4.78, 5) is 13.7. The summed E-state index contributed by atoms with van der Waals surface area (Å²) < 4.78 is 38.1. The lowest BCUT2D eigenvalue weighted by Crippen LogP contribution is -2.31. The number of methoxy groups -OCH3 is 2. The van der Waals surface area contributed by atoms with Gasteiger partial charge in [0, 0.05) is 30.1 Å². The number of rotatable bonds is 6. The second-order valence-electron chi connectivity index (χ2n) is 5.97. The summed E-state index contributed by atoms with van der Waals surface area (Å²) in [6.45, 7) is 0.540. The first-order valence-corrected chi connectivity index (χ1v) is 10.0.